The second kappa shape index (κ2) is 6.42. The second-order valence-electron chi connectivity index (χ2n) is 4.63. The Morgan fingerprint density at radius 3 is 2.21 bits per heavy atom. The number of halogens is 5. The zero-order chi connectivity index (χ0) is 18.1. The van der Waals surface area contributed by atoms with Crippen molar-refractivity contribution in [3.05, 3.63) is 47.0 Å². The maximum Gasteiger partial charge on any atom is 0.417 e. The number of nitrogens with zero attached hydrogens (tertiary/aromatic N) is 1. The van der Waals surface area contributed by atoms with Crippen molar-refractivity contribution in [2.75, 3.05) is 6.61 Å². The highest BCUT2D eigenvalue weighted by Gasteiger charge is 2.38. The van der Waals surface area contributed by atoms with Gasteiger partial charge in [0.05, 0.1) is 17.9 Å². The molecule has 0 saturated heterocycles. The van der Waals surface area contributed by atoms with Crippen molar-refractivity contribution in [2.45, 2.75) is 13.1 Å². The minimum atomic E-state index is -5.02. The Bertz CT molecular complexity index is 769. The Kier molecular flexibility index (Phi) is 4.72. The lowest BCUT2D eigenvalue weighted by Crippen LogP contribution is -2.16. The summed E-state index contributed by atoms with van der Waals surface area (Å²) in [5.74, 6) is -4.68. The van der Waals surface area contributed by atoms with E-state index < -0.39 is 46.5 Å². The number of aromatic nitrogens is 1. The second-order valence-corrected chi connectivity index (χ2v) is 4.63. The number of ether oxygens (including phenoxy) is 1. The summed E-state index contributed by atoms with van der Waals surface area (Å²) in [6.07, 6.45) is -5.02. The summed E-state index contributed by atoms with van der Waals surface area (Å²) in [7, 11) is 0. The first-order valence-corrected chi connectivity index (χ1v) is 6.58. The molecule has 2 aromatic rings. The maximum absolute atomic E-state index is 13.3. The molecule has 2 rings (SSSR count). The lowest BCUT2D eigenvalue weighted by molar-refractivity contribution is -0.138. The van der Waals surface area contributed by atoms with E-state index in [0.717, 1.165) is 12.1 Å². The number of rotatable bonds is 4. The van der Waals surface area contributed by atoms with Crippen molar-refractivity contribution in [1.29, 1.82) is 0 Å². The van der Waals surface area contributed by atoms with Crippen LogP contribution >= 0.6 is 0 Å². The number of hydrogen-bond donors (Lipinski definition) is 1. The number of alkyl halides is 3. The Labute approximate surface area is 132 Å². The molecule has 1 aromatic heterocycles. The molecule has 0 aliphatic heterocycles. The van der Waals surface area contributed by atoms with Gasteiger partial charge in [0.25, 0.3) is 0 Å². The fourth-order valence-corrected chi connectivity index (χ4v) is 2.04. The molecule has 0 bridgehead atoms. The molecule has 0 amide bonds. The van der Waals surface area contributed by atoms with Crippen molar-refractivity contribution >= 4 is 5.97 Å². The summed E-state index contributed by atoms with van der Waals surface area (Å²) in [6.45, 7) is 1.28. The molecule has 24 heavy (non-hydrogen) atoms. The number of carboxylic acid groups (broad SMARTS) is 1. The third-order valence-corrected chi connectivity index (χ3v) is 2.94. The molecule has 0 aliphatic rings. The molecule has 1 aromatic carbocycles. The SMILES string of the molecule is CCOc1nc(-c2cc(F)cc(F)c2)cc(C(F)(F)F)c1C(=O)O. The normalized spacial score (nSPS) is 11.4. The monoisotopic (exact) mass is 347 g/mol. The lowest BCUT2D eigenvalue weighted by atomic mass is 10.0. The summed E-state index contributed by atoms with van der Waals surface area (Å²) in [5, 5.41) is 9.05. The van der Waals surface area contributed by atoms with Gasteiger partial charge in [-0.15, -0.1) is 0 Å². The molecular formula is C15H10F5NO3. The molecule has 0 fully saturated rings. The molecule has 0 atom stereocenters. The van der Waals surface area contributed by atoms with Crippen LogP contribution in [0.1, 0.15) is 22.8 Å². The topological polar surface area (TPSA) is 59.4 Å². The number of aromatic carboxylic acids is 1. The van der Waals surface area contributed by atoms with Gasteiger partial charge < -0.3 is 9.84 Å². The van der Waals surface area contributed by atoms with Crippen LogP contribution in [-0.2, 0) is 6.18 Å². The predicted molar refractivity (Wildman–Crippen MR) is 72.7 cm³/mol. The summed E-state index contributed by atoms with van der Waals surface area (Å²) < 4.78 is 71.0. The van der Waals surface area contributed by atoms with Gasteiger partial charge in [0.2, 0.25) is 5.88 Å². The van der Waals surface area contributed by atoms with Gasteiger partial charge in [-0.1, -0.05) is 0 Å². The molecule has 1 heterocycles. The van der Waals surface area contributed by atoms with E-state index in [-0.39, 0.29) is 12.2 Å². The van der Waals surface area contributed by atoms with Crippen molar-refractivity contribution < 1.29 is 36.6 Å². The van der Waals surface area contributed by atoms with Crippen LogP contribution < -0.4 is 4.74 Å². The Balaban J connectivity index is 2.79. The van der Waals surface area contributed by atoms with Crippen LogP contribution in [0.2, 0.25) is 0 Å². The van der Waals surface area contributed by atoms with E-state index in [4.69, 9.17) is 9.84 Å². The fourth-order valence-electron chi connectivity index (χ4n) is 2.04. The molecule has 128 valence electrons. The highest BCUT2D eigenvalue weighted by atomic mass is 19.4. The van der Waals surface area contributed by atoms with E-state index in [1.165, 1.54) is 6.92 Å². The van der Waals surface area contributed by atoms with Gasteiger partial charge >= 0.3 is 12.1 Å². The average Bonchev–Trinajstić information content (AvgIpc) is 2.44. The minimum absolute atomic E-state index is 0.147. The summed E-state index contributed by atoms with van der Waals surface area (Å²) in [4.78, 5) is 14.9. The van der Waals surface area contributed by atoms with Crippen LogP contribution in [0.3, 0.4) is 0 Å². The molecule has 0 saturated carbocycles. The van der Waals surface area contributed by atoms with Gasteiger partial charge in [0.15, 0.2) is 0 Å². The average molecular weight is 347 g/mol. The van der Waals surface area contributed by atoms with Crippen LogP contribution in [0.15, 0.2) is 24.3 Å². The largest absolute Gasteiger partial charge is 0.477 e. The molecule has 0 aliphatic carbocycles. The molecule has 9 heteroatoms. The highest BCUT2D eigenvalue weighted by molar-refractivity contribution is 5.93. The number of benzene rings is 1. The molecule has 0 unspecified atom stereocenters. The van der Waals surface area contributed by atoms with Gasteiger partial charge in [-0.25, -0.2) is 18.6 Å². The van der Waals surface area contributed by atoms with E-state index in [2.05, 4.69) is 4.98 Å². The number of pyridine rings is 1. The minimum Gasteiger partial charge on any atom is -0.477 e. The molecule has 0 radical (unpaired) electrons. The predicted octanol–water partition coefficient (Wildman–Crippen LogP) is 4.14. The highest BCUT2D eigenvalue weighted by Crippen LogP contribution is 2.38. The number of carboxylic acids is 1. The van der Waals surface area contributed by atoms with Crippen LogP contribution in [0.5, 0.6) is 5.88 Å². The first kappa shape index (κ1) is 17.6. The van der Waals surface area contributed by atoms with Crippen LogP contribution in [0, 0.1) is 11.6 Å². The standard InChI is InChI=1S/C15H10F5NO3/c1-2-24-13-12(14(22)23)10(15(18,19)20)6-11(21-13)7-3-8(16)5-9(17)4-7/h3-6H,2H2,1H3,(H,22,23). The maximum atomic E-state index is 13.3. The number of carbonyl (C=O) groups is 1. The third kappa shape index (κ3) is 3.61. The van der Waals surface area contributed by atoms with Crippen molar-refractivity contribution in [3.63, 3.8) is 0 Å². The fraction of sp³-hybridized carbons (Fsp3) is 0.200. The summed E-state index contributed by atoms with van der Waals surface area (Å²) >= 11 is 0. The zero-order valence-electron chi connectivity index (χ0n) is 12.1. The number of hydrogen-bond acceptors (Lipinski definition) is 3. The third-order valence-electron chi connectivity index (χ3n) is 2.94. The summed E-state index contributed by atoms with van der Waals surface area (Å²) in [5.41, 5.74) is -3.43. The van der Waals surface area contributed by atoms with Gasteiger partial charge in [-0.3, -0.25) is 0 Å². The van der Waals surface area contributed by atoms with Gasteiger partial charge in [-0.05, 0) is 25.1 Å². The van der Waals surface area contributed by atoms with Gasteiger partial charge in [0, 0.05) is 11.6 Å². The van der Waals surface area contributed by atoms with E-state index in [9.17, 15) is 26.7 Å². The molecular weight excluding hydrogens is 337 g/mol. The van der Waals surface area contributed by atoms with Gasteiger partial charge in [0.1, 0.15) is 17.2 Å². The lowest BCUT2D eigenvalue weighted by Gasteiger charge is -2.15. The Hall–Kier alpha value is -2.71. The Morgan fingerprint density at radius 2 is 1.75 bits per heavy atom. The van der Waals surface area contributed by atoms with E-state index in [1.807, 2.05) is 0 Å². The van der Waals surface area contributed by atoms with E-state index >= 15 is 0 Å². The zero-order valence-corrected chi connectivity index (χ0v) is 12.1. The van der Waals surface area contributed by atoms with E-state index in [0.29, 0.717) is 12.1 Å². The van der Waals surface area contributed by atoms with Crippen molar-refractivity contribution in [1.82, 2.24) is 4.98 Å². The quantitative estimate of drug-likeness (QED) is 0.845. The smallest absolute Gasteiger partial charge is 0.417 e. The first-order chi connectivity index (χ1) is 11.1. The molecule has 1 N–H and O–H groups in total. The Morgan fingerprint density at radius 1 is 1.17 bits per heavy atom. The molecule has 4 nitrogen and oxygen atoms in total. The van der Waals surface area contributed by atoms with E-state index in [1.54, 1.807) is 0 Å². The van der Waals surface area contributed by atoms with Crippen molar-refractivity contribution in [3.8, 4) is 17.1 Å². The first-order valence-electron chi connectivity index (χ1n) is 6.58. The van der Waals surface area contributed by atoms with Crippen molar-refractivity contribution in [2.24, 2.45) is 0 Å². The summed E-state index contributed by atoms with van der Waals surface area (Å²) in [6, 6.07) is 2.52. The van der Waals surface area contributed by atoms with Crippen LogP contribution in [0.25, 0.3) is 11.3 Å². The van der Waals surface area contributed by atoms with Crippen LogP contribution in [0.4, 0.5) is 22.0 Å². The molecule has 0 spiro atoms. The van der Waals surface area contributed by atoms with Gasteiger partial charge in [-0.2, -0.15) is 13.2 Å². The van der Waals surface area contributed by atoms with Crippen LogP contribution in [-0.4, -0.2) is 22.7 Å².